The van der Waals surface area contributed by atoms with Crippen LogP contribution in [-0.4, -0.2) is 37.7 Å². The molecular weight excluding hydrogens is 354 g/mol. The highest BCUT2D eigenvalue weighted by molar-refractivity contribution is 5.67. The van der Waals surface area contributed by atoms with Gasteiger partial charge in [0.15, 0.2) is 5.79 Å². The van der Waals surface area contributed by atoms with Gasteiger partial charge in [-0.15, -0.1) is 0 Å². The van der Waals surface area contributed by atoms with Gasteiger partial charge in [0.25, 0.3) is 0 Å². The summed E-state index contributed by atoms with van der Waals surface area (Å²) >= 11 is 0. The van der Waals surface area contributed by atoms with E-state index in [9.17, 15) is 4.79 Å². The van der Waals surface area contributed by atoms with Gasteiger partial charge in [-0.3, -0.25) is 0 Å². The van der Waals surface area contributed by atoms with Crippen molar-refractivity contribution in [3.8, 4) is 0 Å². The highest BCUT2D eigenvalue weighted by Crippen LogP contribution is 2.34. The summed E-state index contributed by atoms with van der Waals surface area (Å²) in [6.45, 7) is 8.03. The number of unbranched alkanes of at least 4 members (excludes halogenated alkanes) is 9. The second kappa shape index (κ2) is 16.0. The number of carbonyl (C=O) groups is 1. The monoisotopic (exact) mass is 399 g/mol. The number of rotatable bonds is 17. The summed E-state index contributed by atoms with van der Waals surface area (Å²) in [5.41, 5.74) is 0. The molecule has 5 heteroatoms. The Morgan fingerprint density at radius 2 is 1.46 bits per heavy atom. The lowest BCUT2D eigenvalue weighted by Crippen LogP contribution is -2.33. The van der Waals surface area contributed by atoms with Crippen molar-refractivity contribution in [2.24, 2.45) is 0 Å². The number of amides is 1. The zero-order chi connectivity index (χ0) is 20.5. The maximum atomic E-state index is 11.8. The lowest BCUT2D eigenvalue weighted by Gasteiger charge is -2.28. The van der Waals surface area contributed by atoms with Gasteiger partial charge < -0.3 is 19.5 Å². The van der Waals surface area contributed by atoms with Gasteiger partial charge in [0.2, 0.25) is 0 Å². The van der Waals surface area contributed by atoms with Gasteiger partial charge in [-0.2, -0.15) is 0 Å². The molecule has 0 saturated carbocycles. The molecule has 1 rings (SSSR count). The van der Waals surface area contributed by atoms with Crippen LogP contribution in [0.1, 0.15) is 111 Å². The number of hydrogen-bond acceptors (Lipinski definition) is 4. The minimum absolute atomic E-state index is 0.150. The van der Waals surface area contributed by atoms with Crippen molar-refractivity contribution in [2.45, 2.75) is 123 Å². The van der Waals surface area contributed by atoms with Gasteiger partial charge in [0.05, 0.1) is 6.61 Å². The van der Waals surface area contributed by atoms with Crippen molar-refractivity contribution >= 4 is 6.09 Å². The Hall–Kier alpha value is -0.810. The Morgan fingerprint density at radius 1 is 0.893 bits per heavy atom. The molecule has 0 aromatic carbocycles. The molecule has 28 heavy (non-hydrogen) atoms. The summed E-state index contributed by atoms with van der Waals surface area (Å²) in [7, 11) is 0. The number of alkyl carbamates (subject to hydrolysis) is 1. The third kappa shape index (κ3) is 11.3. The third-order valence-electron chi connectivity index (χ3n) is 5.44. The molecule has 1 amide bonds. The first-order valence-electron chi connectivity index (χ1n) is 11.9. The fraction of sp³-hybridized carbons (Fsp3) is 0.957. The average molecular weight is 400 g/mol. The Kier molecular flexibility index (Phi) is 14.4. The lowest BCUT2D eigenvalue weighted by atomic mass is 9.99. The molecule has 1 N–H and O–H groups in total. The van der Waals surface area contributed by atoms with Crippen molar-refractivity contribution in [1.29, 1.82) is 0 Å². The highest BCUT2D eigenvalue weighted by atomic mass is 16.8. The van der Waals surface area contributed by atoms with Gasteiger partial charge in [0.1, 0.15) is 12.7 Å². The van der Waals surface area contributed by atoms with Gasteiger partial charge in [-0.25, -0.2) is 4.79 Å². The van der Waals surface area contributed by atoms with Crippen molar-refractivity contribution in [2.75, 3.05) is 19.8 Å². The minimum Gasteiger partial charge on any atom is -0.447 e. The van der Waals surface area contributed by atoms with Gasteiger partial charge in [0, 0.05) is 19.4 Å². The predicted molar refractivity (Wildman–Crippen MR) is 115 cm³/mol. The second-order valence-corrected chi connectivity index (χ2v) is 8.17. The Labute approximate surface area is 173 Å². The molecule has 1 aliphatic heterocycles. The van der Waals surface area contributed by atoms with Crippen LogP contribution in [0.4, 0.5) is 4.79 Å². The zero-order valence-corrected chi connectivity index (χ0v) is 18.7. The van der Waals surface area contributed by atoms with Crippen molar-refractivity contribution in [3.05, 3.63) is 0 Å². The van der Waals surface area contributed by atoms with E-state index in [-0.39, 0.29) is 18.8 Å². The molecular formula is C23H45NO4. The fourth-order valence-electron chi connectivity index (χ4n) is 3.67. The van der Waals surface area contributed by atoms with Crippen molar-refractivity contribution < 1.29 is 19.0 Å². The van der Waals surface area contributed by atoms with E-state index in [0.717, 1.165) is 38.5 Å². The number of hydrogen-bond donors (Lipinski definition) is 1. The van der Waals surface area contributed by atoms with E-state index < -0.39 is 5.79 Å². The summed E-state index contributed by atoms with van der Waals surface area (Å²) < 4.78 is 17.8. The van der Waals surface area contributed by atoms with E-state index in [4.69, 9.17) is 14.2 Å². The number of nitrogens with one attached hydrogen (secondary N) is 1. The Morgan fingerprint density at radius 3 is 2.04 bits per heavy atom. The molecule has 1 fully saturated rings. The van der Waals surface area contributed by atoms with E-state index in [2.05, 4.69) is 26.1 Å². The van der Waals surface area contributed by atoms with Crippen LogP contribution in [0.25, 0.3) is 0 Å². The number of ether oxygens (including phenoxy) is 3. The summed E-state index contributed by atoms with van der Waals surface area (Å²) in [6, 6.07) is 0. The fourth-order valence-corrected chi connectivity index (χ4v) is 3.67. The van der Waals surface area contributed by atoms with Crippen LogP contribution in [0.2, 0.25) is 0 Å². The molecule has 1 unspecified atom stereocenters. The molecule has 0 radical (unpaired) electrons. The van der Waals surface area contributed by atoms with Crippen LogP contribution < -0.4 is 5.32 Å². The largest absolute Gasteiger partial charge is 0.447 e. The van der Waals surface area contributed by atoms with Crippen LogP contribution in [0.3, 0.4) is 0 Å². The maximum absolute atomic E-state index is 11.8. The van der Waals surface area contributed by atoms with Crippen LogP contribution in [-0.2, 0) is 14.2 Å². The van der Waals surface area contributed by atoms with Crippen molar-refractivity contribution in [3.63, 3.8) is 0 Å². The first-order valence-corrected chi connectivity index (χ1v) is 11.9. The van der Waals surface area contributed by atoms with E-state index in [1.165, 1.54) is 51.4 Å². The molecule has 0 aromatic heterocycles. The second-order valence-electron chi connectivity index (χ2n) is 8.17. The average Bonchev–Trinajstić information content (AvgIpc) is 3.10. The van der Waals surface area contributed by atoms with Gasteiger partial charge >= 0.3 is 6.09 Å². The van der Waals surface area contributed by atoms with Crippen LogP contribution in [0, 0.1) is 0 Å². The van der Waals surface area contributed by atoms with Crippen LogP contribution >= 0.6 is 0 Å². The molecule has 0 bridgehead atoms. The predicted octanol–water partition coefficient (Wildman–Crippen LogP) is 6.35. The standard InChI is InChI=1S/C23H45NO4/c1-4-7-10-12-14-16-23(17-15-13-11-8-5-2)27-20-21(28-23)19-26-22(25)24-18-9-6-3/h21H,4-20H2,1-3H3,(H,24,25). The van der Waals surface area contributed by atoms with E-state index in [0.29, 0.717) is 13.2 Å². The van der Waals surface area contributed by atoms with Gasteiger partial charge in [-0.05, 0) is 19.3 Å². The molecule has 0 spiro atoms. The summed E-state index contributed by atoms with van der Waals surface area (Å²) in [5, 5.41) is 2.78. The Balaban J connectivity index is 2.38. The SMILES string of the molecule is CCCCCCCC1(CCCCCCC)OCC(COC(=O)NCCCC)O1. The first kappa shape index (κ1) is 25.2. The molecule has 0 aromatic rings. The first-order chi connectivity index (χ1) is 13.7. The van der Waals surface area contributed by atoms with E-state index in [1.807, 2.05) is 0 Å². The zero-order valence-electron chi connectivity index (χ0n) is 18.7. The summed E-state index contributed by atoms with van der Waals surface area (Å²) in [4.78, 5) is 11.8. The van der Waals surface area contributed by atoms with Gasteiger partial charge in [-0.1, -0.05) is 78.6 Å². The topological polar surface area (TPSA) is 56.8 Å². The molecule has 1 aliphatic rings. The normalized spacial score (nSPS) is 18.3. The molecule has 1 heterocycles. The summed E-state index contributed by atoms with van der Waals surface area (Å²) in [6.07, 6.45) is 15.9. The Bertz CT molecular complexity index is 375. The van der Waals surface area contributed by atoms with Crippen LogP contribution in [0.15, 0.2) is 0 Å². The van der Waals surface area contributed by atoms with Crippen LogP contribution in [0.5, 0.6) is 0 Å². The maximum Gasteiger partial charge on any atom is 0.407 e. The minimum atomic E-state index is -0.467. The molecule has 5 nitrogen and oxygen atoms in total. The van der Waals surface area contributed by atoms with E-state index >= 15 is 0 Å². The van der Waals surface area contributed by atoms with Crippen molar-refractivity contribution in [1.82, 2.24) is 5.32 Å². The van der Waals surface area contributed by atoms with E-state index in [1.54, 1.807) is 0 Å². The highest BCUT2D eigenvalue weighted by Gasteiger charge is 2.40. The molecule has 1 atom stereocenters. The summed E-state index contributed by atoms with van der Waals surface area (Å²) in [5.74, 6) is -0.467. The number of carbonyl (C=O) groups excluding carboxylic acids is 1. The molecule has 0 aliphatic carbocycles. The third-order valence-corrected chi connectivity index (χ3v) is 5.44. The smallest absolute Gasteiger partial charge is 0.407 e. The molecule has 1 saturated heterocycles. The lowest BCUT2D eigenvalue weighted by molar-refractivity contribution is -0.182. The quantitative estimate of drug-likeness (QED) is 0.290. The molecule has 166 valence electrons.